The van der Waals surface area contributed by atoms with E-state index in [9.17, 15) is 9.59 Å². The first-order valence-electron chi connectivity index (χ1n) is 6.78. The predicted octanol–water partition coefficient (Wildman–Crippen LogP) is 4.15. The van der Waals surface area contributed by atoms with Crippen LogP contribution in [0.2, 0.25) is 10.0 Å². The number of thioether (sulfide) groups is 1. The lowest BCUT2D eigenvalue weighted by molar-refractivity contribution is -0.146. The standard InChI is InChI=1S/C15H13Cl2NO3S2/c1-2-5-21-13(19)8-18-14(20)12(23-15(18)22)6-9-3-4-10(16)7-11(9)17/h3-4,6-7H,2,5,8H2,1H3/b12-6+. The van der Waals surface area contributed by atoms with Gasteiger partial charge in [-0.1, -0.05) is 60.2 Å². The van der Waals surface area contributed by atoms with Crippen molar-refractivity contribution in [2.24, 2.45) is 0 Å². The molecule has 1 aromatic rings. The van der Waals surface area contributed by atoms with Crippen molar-refractivity contribution in [2.45, 2.75) is 13.3 Å². The summed E-state index contributed by atoms with van der Waals surface area (Å²) in [6, 6.07) is 4.99. The maximum atomic E-state index is 12.4. The number of carbonyl (C=O) groups excluding carboxylic acids is 2. The van der Waals surface area contributed by atoms with Crippen LogP contribution in [0.4, 0.5) is 0 Å². The Morgan fingerprint density at radius 1 is 1.43 bits per heavy atom. The van der Waals surface area contributed by atoms with Gasteiger partial charge in [-0.3, -0.25) is 14.5 Å². The number of benzene rings is 1. The Morgan fingerprint density at radius 2 is 2.17 bits per heavy atom. The summed E-state index contributed by atoms with van der Waals surface area (Å²) in [5, 5.41) is 0.948. The number of nitrogens with zero attached hydrogens (tertiary/aromatic N) is 1. The molecule has 1 aliphatic rings. The molecule has 2 rings (SSSR count). The first kappa shape index (κ1) is 18.3. The molecule has 1 fully saturated rings. The molecule has 0 bridgehead atoms. The average molecular weight is 390 g/mol. The minimum atomic E-state index is -0.478. The van der Waals surface area contributed by atoms with E-state index >= 15 is 0 Å². The number of amides is 1. The Labute approximate surface area is 153 Å². The third-order valence-corrected chi connectivity index (χ3v) is 4.82. The first-order valence-corrected chi connectivity index (χ1v) is 8.76. The van der Waals surface area contributed by atoms with Crippen LogP contribution in [0.3, 0.4) is 0 Å². The lowest BCUT2D eigenvalue weighted by Crippen LogP contribution is -2.34. The molecule has 4 nitrogen and oxygen atoms in total. The fourth-order valence-electron chi connectivity index (χ4n) is 1.79. The highest BCUT2D eigenvalue weighted by molar-refractivity contribution is 8.26. The maximum Gasteiger partial charge on any atom is 0.326 e. The third kappa shape index (κ3) is 4.70. The van der Waals surface area contributed by atoms with E-state index in [1.165, 1.54) is 4.90 Å². The van der Waals surface area contributed by atoms with Crippen LogP contribution in [-0.4, -0.2) is 34.2 Å². The summed E-state index contributed by atoms with van der Waals surface area (Å²) < 4.78 is 5.30. The average Bonchev–Trinajstić information content (AvgIpc) is 2.75. The van der Waals surface area contributed by atoms with Gasteiger partial charge in [0, 0.05) is 10.0 Å². The van der Waals surface area contributed by atoms with E-state index in [4.69, 9.17) is 40.2 Å². The minimum Gasteiger partial charge on any atom is -0.464 e. The normalized spacial score (nSPS) is 16.3. The van der Waals surface area contributed by atoms with Gasteiger partial charge in [0.25, 0.3) is 5.91 Å². The zero-order valence-electron chi connectivity index (χ0n) is 12.2. The Hall–Kier alpha value is -1.08. The van der Waals surface area contributed by atoms with E-state index in [1.807, 2.05) is 6.92 Å². The lowest BCUT2D eigenvalue weighted by atomic mass is 10.2. The molecule has 0 radical (unpaired) electrons. The van der Waals surface area contributed by atoms with E-state index < -0.39 is 5.97 Å². The number of ether oxygens (including phenoxy) is 1. The monoisotopic (exact) mass is 389 g/mol. The molecule has 0 aromatic heterocycles. The lowest BCUT2D eigenvalue weighted by Gasteiger charge is -2.13. The SMILES string of the molecule is CCCOC(=O)CN1C(=O)/C(=C\c2ccc(Cl)cc2Cl)SC1=S. The molecule has 122 valence electrons. The van der Waals surface area contributed by atoms with Crippen molar-refractivity contribution in [3.05, 3.63) is 38.7 Å². The van der Waals surface area contributed by atoms with Gasteiger partial charge in [-0.25, -0.2) is 0 Å². The topological polar surface area (TPSA) is 46.6 Å². The Bertz CT molecular complexity index is 691. The predicted molar refractivity (Wildman–Crippen MR) is 97.6 cm³/mol. The van der Waals surface area contributed by atoms with Crippen LogP contribution in [-0.2, 0) is 14.3 Å². The van der Waals surface area contributed by atoms with E-state index in [0.717, 1.165) is 18.2 Å². The fourth-order valence-corrected chi connectivity index (χ4v) is 3.50. The summed E-state index contributed by atoms with van der Waals surface area (Å²) in [4.78, 5) is 25.7. The van der Waals surface area contributed by atoms with Gasteiger partial charge in [0.1, 0.15) is 10.9 Å². The first-order chi connectivity index (χ1) is 10.9. The Morgan fingerprint density at radius 3 is 2.83 bits per heavy atom. The van der Waals surface area contributed by atoms with Crippen molar-refractivity contribution in [3.8, 4) is 0 Å². The van der Waals surface area contributed by atoms with E-state index in [0.29, 0.717) is 31.4 Å². The zero-order valence-corrected chi connectivity index (χ0v) is 15.3. The largest absolute Gasteiger partial charge is 0.464 e. The molecule has 0 spiro atoms. The number of thiocarbonyl (C=S) groups is 1. The zero-order chi connectivity index (χ0) is 17.0. The molecule has 1 amide bonds. The third-order valence-electron chi connectivity index (χ3n) is 2.88. The van der Waals surface area contributed by atoms with Gasteiger partial charge >= 0.3 is 5.97 Å². The molecule has 0 saturated carbocycles. The number of hydrogen-bond donors (Lipinski definition) is 0. The molecule has 1 heterocycles. The second kappa shape index (κ2) is 8.15. The molecule has 8 heteroatoms. The van der Waals surface area contributed by atoms with Crippen molar-refractivity contribution in [3.63, 3.8) is 0 Å². The Balaban J connectivity index is 2.14. The molecular formula is C15H13Cl2NO3S2. The van der Waals surface area contributed by atoms with E-state index in [2.05, 4.69) is 0 Å². The minimum absolute atomic E-state index is 0.184. The van der Waals surface area contributed by atoms with Crippen molar-refractivity contribution in [2.75, 3.05) is 13.2 Å². The van der Waals surface area contributed by atoms with Crippen LogP contribution in [0.25, 0.3) is 6.08 Å². The van der Waals surface area contributed by atoms with Gasteiger partial charge in [-0.05, 0) is 30.2 Å². The Kier molecular flexibility index (Phi) is 6.47. The molecule has 0 unspecified atom stereocenters. The summed E-state index contributed by atoms with van der Waals surface area (Å²) in [6.45, 7) is 2.03. The number of rotatable bonds is 5. The maximum absolute atomic E-state index is 12.4. The van der Waals surface area contributed by atoms with Crippen molar-refractivity contribution in [1.82, 2.24) is 4.90 Å². The van der Waals surface area contributed by atoms with E-state index in [1.54, 1.807) is 24.3 Å². The van der Waals surface area contributed by atoms with Gasteiger partial charge in [-0.15, -0.1) is 0 Å². The highest BCUT2D eigenvalue weighted by Crippen LogP contribution is 2.34. The number of carbonyl (C=O) groups is 2. The molecule has 0 N–H and O–H groups in total. The second-order valence-corrected chi connectivity index (χ2v) is 7.17. The van der Waals surface area contributed by atoms with Crippen LogP contribution in [0.15, 0.2) is 23.1 Å². The summed E-state index contributed by atoms with van der Waals surface area (Å²) >= 11 is 18.2. The van der Waals surface area contributed by atoms with Crippen LogP contribution in [0.1, 0.15) is 18.9 Å². The molecule has 0 aliphatic carbocycles. The van der Waals surface area contributed by atoms with Gasteiger partial charge in [-0.2, -0.15) is 0 Å². The van der Waals surface area contributed by atoms with Gasteiger partial charge in [0.05, 0.1) is 11.5 Å². The van der Waals surface area contributed by atoms with E-state index in [-0.39, 0.29) is 12.5 Å². The van der Waals surface area contributed by atoms with Crippen LogP contribution in [0.5, 0.6) is 0 Å². The van der Waals surface area contributed by atoms with Crippen molar-refractivity contribution >= 4 is 69.5 Å². The molecule has 1 aliphatic heterocycles. The van der Waals surface area contributed by atoms with Gasteiger partial charge in [0.2, 0.25) is 0 Å². The summed E-state index contributed by atoms with van der Waals surface area (Å²) in [5.41, 5.74) is 0.658. The van der Waals surface area contributed by atoms with Gasteiger partial charge in [0.15, 0.2) is 0 Å². The molecule has 1 aromatic carbocycles. The molecular weight excluding hydrogens is 377 g/mol. The molecule has 1 saturated heterocycles. The summed E-state index contributed by atoms with van der Waals surface area (Å²) in [7, 11) is 0. The highest BCUT2D eigenvalue weighted by Gasteiger charge is 2.33. The van der Waals surface area contributed by atoms with Crippen molar-refractivity contribution < 1.29 is 14.3 Å². The van der Waals surface area contributed by atoms with Crippen LogP contribution in [0, 0.1) is 0 Å². The summed E-state index contributed by atoms with van der Waals surface area (Å²) in [6.07, 6.45) is 2.36. The second-order valence-electron chi connectivity index (χ2n) is 4.65. The quantitative estimate of drug-likeness (QED) is 0.430. The number of halogens is 2. The number of esters is 1. The van der Waals surface area contributed by atoms with Crippen molar-refractivity contribution in [1.29, 1.82) is 0 Å². The summed E-state index contributed by atoms with van der Waals surface area (Å²) in [5.74, 6) is -0.812. The van der Waals surface area contributed by atoms with Gasteiger partial charge < -0.3 is 4.74 Å². The van der Waals surface area contributed by atoms with Crippen LogP contribution >= 0.6 is 47.2 Å². The smallest absolute Gasteiger partial charge is 0.326 e. The molecule has 0 atom stereocenters. The highest BCUT2D eigenvalue weighted by atomic mass is 35.5. The molecule has 23 heavy (non-hydrogen) atoms. The van der Waals surface area contributed by atoms with Crippen LogP contribution < -0.4 is 0 Å². The number of hydrogen-bond acceptors (Lipinski definition) is 5. The fraction of sp³-hybridized carbons (Fsp3) is 0.267.